The third-order valence-electron chi connectivity index (χ3n) is 7.41. The molecule has 1 aliphatic rings. The van der Waals surface area contributed by atoms with Crippen LogP contribution in [0.15, 0.2) is 97.1 Å². The molecule has 0 bridgehead atoms. The Labute approximate surface area is 217 Å². The molecule has 6 heteroatoms. The van der Waals surface area contributed by atoms with Gasteiger partial charge >= 0.3 is 7.12 Å². The van der Waals surface area contributed by atoms with Crippen LogP contribution >= 0.6 is 0 Å². The van der Waals surface area contributed by atoms with Crippen LogP contribution in [0.3, 0.4) is 0 Å². The summed E-state index contributed by atoms with van der Waals surface area (Å²) in [7, 11) is -0.456. The van der Waals surface area contributed by atoms with Crippen LogP contribution < -0.4 is 5.46 Å². The first-order chi connectivity index (χ1) is 17.8. The van der Waals surface area contributed by atoms with Crippen molar-refractivity contribution in [3.05, 3.63) is 97.1 Å². The molecule has 37 heavy (non-hydrogen) atoms. The van der Waals surface area contributed by atoms with E-state index in [1.807, 2.05) is 72.8 Å². The summed E-state index contributed by atoms with van der Waals surface area (Å²) in [5, 5.41) is 2.10. The lowest BCUT2D eigenvalue weighted by molar-refractivity contribution is 0.00578. The second-order valence-corrected chi connectivity index (χ2v) is 10.4. The monoisotopic (exact) mass is 485 g/mol. The summed E-state index contributed by atoms with van der Waals surface area (Å²) in [6, 6.07) is 32.5. The van der Waals surface area contributed by atoms with Crippen LogP contribution in [0, 0.1) is 0 Å². The van der Waals surface area contributed by atoms with Crippen molar-refractivity contribution >= 4 is 23.4 Å². The summed E-state index contributed by atoms with van der Waals surface area (Å²) < 4.78 is 12.8. The van der Waals surface area contributed by atoms with Crippen LogP contribution in [-0.4, -0.2) is 33.3 Å². The normalized spacial score (nSPS) is 16.3. The molecule has 0 spiro atoms. The summed E-state index contributed by atoms with van der Waals surface area (Å²) in [4.78, 5) is 14.7. The van der Waals surface area contributed by atoms with Crippen molar-refractivity contribution in [2.75, 3.05) is 0 Å². The first-order valence-electron chi connectivity index (χ1n) is 12.6. The number of rotatable bonds is 4. The van der Waals surface area contributed by atoms with Gasteiger partial charge in [-0.25, -0.2) is 15.0 Å². The zero-order chi connectivity index (χ0) is 25.6. The van der Waals surface area contributed by atoms with E-state index in [1.54, 1.807) is 0 Å². The van der Waals surface area contributed by atoms with E-state index in [0.717, 1.165) is 32.9 Å². The van der Waals surface area contributed by atoms with Crippen LogP contribution in [0.1, 0.15) is 27.7 Å². The van der Waals surface area contributed by atoms with Crippen molar-refractivity contribution in [1.29, 1.82) is 0 Å². The van der Waals surface area contributed by atoms with E-state index in [1.165, 1.54) is 0 Å². The number of aromatic nitrogens is 3. The molecule has 1 saturated heterocycles. The fourth-order valence-corrected chi connectivity index (χ4v) is 4.62. The first-order valence-corrected chi connectivity index (χ1v) is 12.6. The van der Waals surface area contributed by atoms with E-state index in [9.17, 15) is 0 Å². The Morgan fingerprint density at radius 2 is 0.973 bits per heavy atom. The van der Waals surface area contributed by atoms with Gasteiger partial charge < -0.3 is 9.31 Å². The lowest BCUT2D eigenvalue weighted by Gasteiger charge is -2.32. The molecule has 0 aliphatic carbocycles. The van der Waals surface area contributed by atoms with Gasteiger partial charge in [-0.15, -0.1) is 0 Å². The molecule has 5 aromatic rings. The Bertz CT molecular complexity index is 1510. The summed E-state index contributed by atoms with van der Waals surface area (Å²) in [5.41, 5.74) is 3.00. The Morgan fingerprint density at radius 3 is 1.51 bits per heavy atom. The molecule has 6 rings (SSSR count). The van der Waals surface area contributed by atoms with Gasteiger partial charge in [-0.1, -0.05) is 97.1 Å². The molecule has 182 valence electrons. The average Bonchev–Trinajstić information content (AvgIpc) is 3.15. The Kier molecular flexibility index (Phi) is 5.66. The second kappa shape index (κ2) is 8.91. The topological polar surface area (TPSA) is 57.1 Å². The summed E-state index contributed by atoms with van der Waals surface area (Å²) in [6.45, 7) is 8.30. The predicted molar refractivity (Wildman–Crippen MR) is 149 cm³/mol. The smallest absolute Gasteiger partial charge is 0.399 e. The lowest BCUT2D eigenvalue weighted by atomic mass is 9.75. The van der Waals surface area contributed by atoms with Crippen molar-refractivity contribution in [1.82, 2.24) is 15.0 Å². The molecule has 0 radical (unpaired) electrons. The molecule has 0 unspecified atom stereocenters. The second-order valence-electron chi connectivity index (χ2n) is 10.4. The largest absolute Gasteiger partial charge is 0.495 e. The molecule has 0 amide bonds. The highest BCUT2D eigenvalue weighted by Gasteiger charge is 2.52. The third kappa shape index (κ3) is 4.22. The molecule has 0 saturated carbocycles. The molecule has 2 heterocycles. The van der Waals surface area contributed by atoms with Gasteiger partial charge in [-0.2, -0.15) is 0 Å². The van der Waals surface area contributed by atoms with Crippen molar-refractivity contribution in [3.8, 4) is 34.2 Å². The lowest BCUT2D eigenvalue weighted by Crippen LogP contribution is -2.41. The molecule has 1 aromatic heterocycles. The number of hydrogen-bond donors (Lipinski definition) is 0. The third-order valence-corrected chi connectivity index (χ3v) is 7.41. The maximum Gasteiger partial charge on any atom is 0.495 e. The highest BCUT2D eigenvalue weighted by Crippen LogP contribution is 2.38. The van der Waals surface area contributed by atoms with Crippen LogP contribution in [-0.2, 0) is 9.31 Å². The van der Waals surface area contributed by atoms with Gasteiger partial charge in [0.15, 0.2) is 17.5 Å². The van der Waals surface area contributed by atoms with E-state index in [2.05, 4.69) is 52.0 Å². The van der Waals surface area contributed by atoms with Gasteiger partial charge in [-0.3, -0.25) is 0 Å². The summed E-state index contributed by atoms with van der Waals surface area (Å²) >= 11 is 0. The Morgan fingerprint density at radius 1 is 0.514 bits per heavy atom. The van der Waals surface area contributed by atoms with Gasteiger partial charge in [0, 0.05) is 16.7 Å². The van der Waals surface area contributed by atoms with Crippen molar-refractivity contribution in [3.63, 3.8) is 0 Å². The molecular formula is C31H28BN3O2. The summed E-state index contributed by atoms with van der Waals surface area (Å²) in [5.74, 6) is 1.91. The molecule has 1 aliphatic heterocycles. The molecular weight excluding hydrogens is 457 g/mol. The fourth-order valence-electron chi connectivity index (χ4n) is 4.62. The van der Waals surface area contributed by atoms with Gasteiger partial charge in [-0.05, 0) is 43.9 Å². The molecule has 0 N–H and O–H groups in total. The molecule has 1 fully saturated rings. The molecule has 0 atom stereocenters. The number of fused-ring (bicyclic) bond motifs is 1. The van der Waals surface area contributed by atoms with Crippen LogP contribution in [0.5, 0.6) is 0 Å². The standard InChI is InChI=1S/C31H28BN3O2/c1-30(2)31(3,4)37-32(36-30)26-20-19-25(23-17-11-12-18-24(23)26)29-34-27(21-13-7-5-8-14-21)33-28(35-29)22-15-9-6-10-16-22/h5-20H,1-4H3. The number of hydrogen-bond acceptors (Lipinski definition) is 5. The first kappa shape index (κ1) is 23.5. The van der Waals surface area contributed by atoms with E-state index in [-0.39, 0.29) is 0 Å². The van der Waals surface area contributed by atoms with Gasteiger partial charge in [0.05, 0.1) is 11.2 Å². The Balaban J connectivity index is 1.53. The van der Waals surface area contributed by atoms with Crippen LogP contribution in [0.2, 0.25) is 0 Å². The Hall–Kier alpha value is -3.87. The van der Waals surface area contributed by atoms with E-state index < -0.39 is 18.3 Å². The van der Waals surface area contributed by atoms with E-state index >= 15 is 0 Å². The van der Waals surface area contributed by atoms with Crippen molar-refractivity contribution in [2.24, 2.45) is 0 Å². The SMILES string of the molecule is CC1(C)OB(c2ccc(-c3nc(-c4ccccc4)nc(-c4ccccc4)n3)c3ccccc23)OC1(C)C. The van der Waals surface area contributed by atoms with Gasteiger partial charge in [0.25, 0.3) is 0 Å². The highest BCUT2D eigenvalue weighted by atomic mass is 16.7. The van der Waals surface area contributed by atoms with E-state index in [4.69, 9.17) is 24.3 Å². The van der Waals surface area contributed by atoms with Crippen LogP contribution in [0.25, 0.3) is 44.9 Å². The predicted octanol–water partition coefficient (Wildman–Crippen LogP) is 6.33. The highest BCUT2D eigenvalue weighted by molar-refractivity contribution is 6.65. The zero-order valence-corrected chi connectivity index (χ0v) is 21.5. The maximum absolute atomic E-state index is 6.39. The van der Waals surface area contributed by atoms with Crippen LogP contribution in [0.4, 0.5) is 0 Å². The maximum atomic E-state index is 6.39. The van der Waals surface area contributed by atoms with Gasteiger partial charge in [0.2, 0.25) is 0 Å². The van der Waals surface area contributed by atoms with E-state index in [0.29, 0.717) is 17.5 Å². The zero-order valence-electron chi connectivity index (χ0n) is 21.5. The van der Waals surface area contributed by atoms with Crippen molar-refractivity contribution in [2.45, 2.75) is 38.9 Å². The fraction of sp³-hybridized carbons (Fsp3) is 0.194. The molecule has 5 nitrogen and oxygen atoms in total. The summed E-state index contributed by atoms with van der Waals surface area (Å²) in [6.07, 6.45) is 0. The minimum atomic E-state index is -0.456. The van der Waals surface area contributed by atoms with Crippen molar-refractivity contribution < 1.29 is 9.31 Å². The number of nitrogens with zero attached hydrogens (tertiary/aromatic N) is 3. The van der Waals surface area contributed by atoms with Gasteiger partial charge in [0.1, 0.15) is 0 Å². The minimum Gasteiger partial charge on any atom is -0.399 e. The number of benzene rings is 4. The molecule has 4 aromatic carbocycles. The average molecular weight is 485 g/mol. The minimum absolute atomic E-state index is 0.416. The quantitative estimate of drug-likeness (QED) is 0.279.